The molecule has 2 heterocycles. The van der Waals surface area contributed by atoms with Crippen molar-refractivity contribution in [3.63, 3.8) is 0 Å². The maximum absolute atomic E-state index is 13.5. The molecule has 0 radical (unpaired) electrons. The molecule has 4 unspecified atom stereocenters. The van der Waals surface area contributed by atoms with Gasteiger partial charge < -0.3 is 30.0 Å². The molecular weight excluding hydrogens is 448 g/mol. The van der Waals surface area contributed by atoms with Crippen LogP contribution in [-0.4, -0.2) is 56.4 Å². The van der Waals surface area contributed by atoms with Crippen molar-refractivity contribution < 1.29 is 19.1 Å². The van der Waals surface area contributed by atoms with Crippen molar-refractivity contribution >= 4 is 11.9 Å². The molecule has 2 saturated heterocycles. The number of allylic oxidation sites excluding steroid dienone is 2. The molecule has 2 aliphatic heterocycles. The largest absolute Gasteiger partial charge is 0.784 e. The molecule has 198 valence electrons. The second-order valence-corrected chi connectivity index (χ2v) is 13.8. The Bertz CT molecular complexity index is 788. The number of fused-ring (bicyclic) bond motifs is 2. The lowest BCUT2D eigenvalue weighted by Gasteiger charge is -2.59. The molecule has 8 heteroatoms. The summed E-state index contributed by atoms with van der Waals surface area (Å²) >= 11 is 0. The van der Waals surface area contributed by atoms with E-state index in [9.17, 15) is 20.0 Å². The number of carbonyl (C=O) groups excluding carboxylic acids is 2. The van der Waals surface area contributed by atoms with E-state index in [0.29, 0.717) is 25.7 Å². The number of carbonyl (C=O) groups is 2. The van der Waals surface area contributed by atoms with Crippen LogP contribution in [0.25, 0.3) is 0 Å². The first kappa shape index (κ1) is 26.6. The average Bonchev–Trinajstić information content (AvgIpc) is 3.31. The van der Waals surface area contributed by atoms with Crippen LogP contribution in [-0.2, 0) is 19.1 Å². The third kappa shape index (κ3) is 4.79. The normalized spacial score (nSPS) is 36.3. The van der Waals surface area contributed by atoms with E-state index in [1.54, 1.807) is 0 Å². The third-order valence-electron chi connectivity index (χ3n) is 8.68. The second kappa shape index (κ2) is 8.54. The summed E-state index contributed by atoms with van der Waals surface area (Å²) in [5.41, 5.74) is -2.57. The van der Waals surface area contributed by atoms with Gasteiger partial charge in [0.1, 0.15) is 12.2 Å². The standard InChI is InChI=1S/C27H42N2O6/c1-24(2)12-18(13-25(3,4)28(24)32)34-22(30)20-16-9-10-17(11-16)21(20)23(31)35-19-14-26(5,6)29(33)27(7,8)15-19/h9-10,16-21H,11-15H2,1-8H3/q-2. The zero-order valence-electron chi connectivity index (χ0n) is 22.5. The Balaban J connectivity index is 1.47. The number of rotatable bonds is 4. The molecule has 8 nitrogen and oxygen atoms in total. The third-order valence-corrected chi connectivity index (χ3v) is 8.68. The van der Waals surface area contributed by atoms with Crippen molar-refractivity contribution in [3.05, 3.63) is 22.6 Å². The lowest BCUT2D eigenvalue weighted by Crippen LogP contribution is -2.60. The van der Waals surface area contributed by atoms with Crippen molar-refractivity contribution in [1.29, 1.82) is 0 Å². The van der Waals surface area contributed by atoms with Gasteiger partial charge in [-0.1, -0.05) is 12.2 Å². The van der Waals surface area contributed by atoms with E-state index in [1.807, 2.05) is 67.5 Å². The van der Waals surface area contributed by atoms with Crippen LogP contribution in [0.5, 0.6) is 0 Å². The van der Waals surface area contributed by atoms with Gasteiger partial charge in [0.15, 0.2) is 0 Å². The number of nitrogens with zero attached hydrogens (tertiary/aromatic N) is 2. The molecule has 0 amide bonds. The van der Waals surface area contributed by atoms with E-state index in [0.717, 1.165) is 16.5 Å². The molecule has 35 heavy (non-hydrogen) atoms. The highest BCUT2D eigenvalue weighted by molar-refractivity contribution is 5.84. The minimum absolute atomic E-state index is 0.0398. The summed E-state index contributed by atoms with van der Waals surface area (Å²) < 4.78 is 12.0. The van der Waals surface area contributed by atoms with Gasteiger partial charge in [0.05, 0.1) is 11.8 Å². The zero-order valence-corrected chi connectivity index (χ0v) is 22.5. The predicted octanol–water partition coefficient (Wildman–Crippen LogP) is 4.55. The van der Waals surface area contributed by atoms with Gasteiger partial charge in [0.2, 0.25) is 0 Å². The maximum atomic E-state index is 13.5. The molecule has 4 rings (SSSR count). The highest BCUT2D eigenvalue weighted by atomic mass is 16.6. The van der Waals surface area contributed by atoms with Crippen molar-refractivity contribution in [1.82, 2.24) is 10.1 Å². The SMILES string of the molecule is CC1(C)CC(OC(=O)C2C3C=CC(C3)C2C(=O)OC2CC(C)(C)N([O-])C(C)(C)C2)CC(C)(C)N1[O-]. The van der Waals surface area contributed by atoms with Crippen molar-refractivity contribution in [2.45, 2.75) is 122 Å². The van der Waals surface area contributed by atoms with Gasteiger partial charge in [-0.2, -0.15) is 0 Å². The Morgan fingerprint density at radius 3 is 1.23 bits per heavy atom. The molecule has 2 bridgehead atoms. The minimum atomic E-state index is -0.643. The van der Waals surface area contributed by atoms with Crippen molar-refractivity contribution in [3.8, 4) is 0 Å². The lowest BCUT2D eigenvalue weighted by atomic mass is 9.79. The van der Waals surface area contributed by atoms with E-state index in [2.05, 4.69) is 0 Å². The Morgan fingerprint density at radius 1 is 0.657 bits per heavy atom. The number of hydroxylamine groups is 4. The van der Waals surface area contributed by atoms with E-state index < -0.39 is 34.0 Å². The van der Waals surface area contributed by atoms with Crippen molar-refractivity contribution in [2.75, 3.05) is 0 Å². The number of hydrogen-bond donors (Lipinski definition) is 0. The van der Waals surface area contributed by atoms with E-state index in [1.165, 1.54) is 0 Å². The number of piperidine rings is 2. The molecule has 2 aliphatic carbocycles. The monoisotopic (exact) mass is 490 g/mol. The molecule has 3 fully saturated rings. The summed E-state index contributed by atoms with van der Waals surface area (Å²) in [6, 6.07) is 0. The Kier molecular flexibility index (Phi) is 6.48. The van der Waals surface area contributed by atoms with E-state index in [-0.39, 0.29) is 36.0 Å². The Labute approximate surface area is 209 Å². The molecule has 0 aromatic heterocycles. The molecule has 0 aromatic carbocycles. The first-order valence-electron chi connectivity index (χ1n) is 13.0. The summed E-state index contributed by atoms with van der Waals surface area (Å²) in [5, 5.41) is 27.6. The number of esters is 2. The van der Waals surface area contributed by atoms with Gasteiger partial charge in [0.25, 0.3) is 0 Å². The first-order valence-corrected chi connectivity index (χ1v) is 13.0. The minimum Gasteiger partial charge on any atom is -0.784 e. The van der Waals surface area contributed by atoms with Crippen LogP contribution < -0.4 is 0 Å². The molecule has 0 spiro atoms. The summed E-state index contributed by atoms with van der Waals surface area (Å²) in [5.74, 6) is -1.96. The van der Waals surface area contributed by atoms with Gasteiger partial charge in [0, 0.05) is 47.8 Å². The number of hydrogen-bond acceptors (Lipinski definition) is 8. The molecule has 0 aromatic rings. The van der Waals surface area contributed by atoms with Gasteiger partial charge in [-0.3, -0.25) is 9.59 Å². The topological polar surface area (TPSA) is 105 Å². The van der Waals surface area contributed by atoms with Crippen LogP contribution in [0.3, 0.4) is 0 Å². The molecule has 1 saturated carbocycles. The smallest absolute Gasteiger partial charge is 0.310 e. The lowest BCUT2D eigenvalue weighted by molar-refractivity contribution is -0.175. The maximum Gasteiger partial charge on any atom is 0.310 e. The molecule has 4 atom stereocenters. The van der Waals surface area contributed by atoms with Crippen LogP contribution in [0.4, 0.5) is 0 Å². The second-order valence-electron chi connectivity index (χ2n) is 13.8. The molecule has 4 aliphatic rings. The van der Waals surface area contributed by atoms with E-state index in [4.69, 9.17) is 9.47 Å². The summed E-state index contributed by atoms with van der Waals surface area (Å²) in [7, 11) is 0. The number of ether oxygens (including phenoxy) is 2. The van der Waals surface area contributed by atoms with E-state index >= 15 is 0 Å². The quantitative estimate of drug-likeness (QED) is 0.417. The average molecular weight is 491 g/mol. The van der Waals surface area contributed by atoms with Gasteiger partial charge in [-0.25, -0.2) is 0 Å². The fourth-order valence-corrected chi connectivity index (χ4v) is 7.46. The zero-order chi connectivity index (χ0) is 26.1. The highest BCUT2D eigenvalue weighted by Gasteiger charge is 2.55. The molecule has 0 N–H and O–H groups in total. The Hall–Kier alpha value is -1.48. The fraction of sp³-hybridized carbons (Fsp3) is 0.852. The van der Waals surface area contributed by atoms with Crippen LogP contribution in [0.15, 0.2) is 12.2 Å². The summed E-state index contributed by atoms with van der Waals surface area (Å²) in [6.07, 6.45) is 5.86. The summed E-state index contributed by atoms with van der Waals surface area (Å²) in [6.45, 7) is 15.0. The van der Waals surface area contributed by atoms with Gasteiger partial charge >= 0.3 is 11.9 Å². The van der Waals surface area contributed by atoms with Gasteiger partial charge in [-0.15, -0.1) is 0 Å². The Morgan fingerprint density at radius 2 is 0.943 bits per heavy atom. The van der Waals surface area contributed by atoms with Crippen molar-refractivity contribution in [2.24, 2.45) is 23.7 Å². The highest BCUT2D eigenvalue weighted by Crippen LogP contribution is 2.50. The van der Waals surface area contributed by atoms with Crippen LogP contribution >= 0.6 is 0 Å². The fourth-order valence-electron chi connectivity index (χ4n) is 7.46. The summed E-state index contributed by atoms with van der Waals surface area (Å²) in [4.78, 5) is 26.9. The van der Waals surface area contributed by atoms with Gasteiger partial charge in [-0.05, 0) is 73.6 Å². The van der Waals surface area contributed by atoms with Crippen LogP contribution in [0, 0.1) is 34.1 Å². The van der Waals surface area contributed by atoms with Crippen LogP contribution in [0.1, 0.15) is 87.5 Å². The van der Waals surface area contributed by atoms with Crippen LogP contribution in [0.2, 0.25) is 0 Å². The predicted molar refractivity (Wildman–Crippen MR) is 133 cm³/mol. The first-order chi connectivity index (χ1) is 15.9. The molecular formula is C27H42N2O6-2.